The number of hydrogen-bond donors (Lipinski definition) is 3. The molecule has 1 aromatic heterocycles. The van der Waals surface area contributed by atoms with E-state index in [1.165, 1.54) is 15.9 Å². The lowest BCUT2D eigenvalue weighted by atomic mass is 9.85. The van der Waals surface area contributed by atoms with E-state index in [-0.39, 0.29) is 54.8 Å². The number of nitrogens with zero attached hydrogens (tertiary/aromatic N) is 6. The second kappa shape index (κ2) is 23.7. The molecule has 5 amide bonds. The van der Waals surface area contributed by atoms with E-state index in [0.717, 1.165) is 51.6 Å². The molecular formula is C54H63F3N8O8S2. The number of piperidine rings is 1. The summed E-state index contributed by atoms with van der Waals surface area (Å²) < 4.78 is 53.1. The molecule has 3 aromatic carbocycles. The molecule has 0 spiro atoms. The summed E-state index contributed by atoms with van der Waals surface area (Å²) in [4.78, 5) is 78.8. The SMILES string of the molecule is Cc1ncsc1-c1ccc(CNC(=O)[C@@H]2C[C@@H](O)CN2C(=O)[C@@H](NC(=O)COCCCCCOC2CCN(C(=O)c3ccc(N4C(=S)N(c5ccc(C#N)c(C(F)(F)F)c5)C(=O)C4(C)C)cc3)CC2)C(C)(C)C)cc1. The molecule has 0 unspecified atom stereocenters. The van der Waals surface area contributed by atoms with E-state index in [4.69, 9.17) is 21.7 Å². The first-order valence-electron chi connectivity index (χ1n) is 24.9. The van der Waals surface area contributed by atoms with Crippen molar-refractivity contribution in [2.75, 3.05) is 49.3 Å². The zero-order valence-corrected chi connectivity index (χ0v) is 44.5. The average molecular weight is 1070 g/mol. The Hall–Kier alpha value is -6.31. The van der Waals surface area contributed by atoms with Gasteiger partial charge < -0.3 is 39.9 Å². The molecule has 4 heterocycles. The largest absolute Gasteiger partial charge is 0.417 e. The molecule has 7 rings (SSSR count). The average Bonchev–Trinajstić information content (AvgIpc) is 4.04. The Bertz CT molecular complexity index is 2790. The van der Waals surface area contributed by atoms with Gasteiger partial charge in [-0.15, -0.1) is 11.3 Å². The number of ether oxygens (including phenoxy) is 2. The van der Waals surface area contributed by atoms with Crippen molar-refractivity contribution in [2.24, 2.45) is 5.41 Å². The van der Waals surface area contributed by atoms with Crippen LogP contribution in [-0.2, 0) is 41.4 Å². The lowest BCUT2D eigenvalue weighted by molar-refractivity contribution is -0.144. The molecule has 0 bridgehead atoms. The van der Waals surface area contributed by atoms with Crippen molar-refractivity contribution in [1.29, 1.82) is 5.26 Å². The van der Waals surface area contributed by atoms with Crippen LogP contribution in [0.2, 0.25) is 0 Å². The summed E-state index contributed by atoms with van der Waals surface area (Å²) in [5.41, 5.74) is 1.71. The molecule has 0 radical (unpaired) electrons. The number of thiocarbonyl (C=S) groups is 1. The summed E-state index contributed by atoms with van der Waals surface area (Å²) in [7, 11) is 0. The van der Waals surface area contributed by atoms with E-state index >= 15 is 0 Å². The van der Waals surface area contributed by atoms with Crippen LogP contribution in [0.25, 0.3) is 10.4 Å². The number of unbranched alkanes of at least 4 members (excludes halogenated alkanes) is 2. The van der Waals surface area contributed by atoms with Crippen molar-refractivity contribution in [3.8, 4) is 16.5 Å². The third-order valence-electron chi connectivity index (χ3n) is 13.7. The number of aromatic nitrogens is 1. The van der Waals surface area contributed by atoms with Crippen molar-refractivity contribution < 1.29 is 51.7 Å². The fourth-order valence-corrected chi connectivity index (χ4v) is 10.8. The van der Waals surface area contributed by atoms with Crippen molar-refractivity contribution >= 4 is 69.6 Å². The third-order valence-corrected chi connectivity index (χ3v) is 15.0. The second-order valence-corrected chi connectivity index (χ2v) is 21.8. The number of amides is 5. The Morgan fingerprint density at radius 1 is 0.973 bits per heavy atom. The Kier molecular flexibility index (Phi) is 17.8. The van der Waals surface area contributed by atoms with Crippen LogP contribution < -0.4 is 20.4 Å². The second-order valence-electron chi connectivity index (χ2n) is 20.6. The van der Waals surface area contributed by atoms with Crippen LogP contribution in [0.4, 0.5) is 24.5 Å². The van der Waals surface area contributed by atoms with E-state index in [1.807, 2.05) is 52.0 Å². The van der Waals surface area contributed by atoms with Crippen LogP contribution in [-0.4, -0.2) is 124 Å². The molecule has 0 saturated carbocycles. The van der Waals surface area contributed by atoms with Crippen LogP contribution in [0.1, 0.15) is 106 Å². The highest BCUT2D eigenvalue weighted by Gasteiger charge is 2.51. The van der Waals surface area contributed by atoms with Crippen molar-refractivity contribution in [3.63, 3.8) is 0 Å². The summed E-state index contributed by atoms with van der Waals surface area (Å²) in [6.07, 6.45) is -2.12. The molecule has 400 valence electrons. The predicted molar refractivity (Wildman–Crippen MR) is 280 cm³/mol. The number of thiazole rings is 1. The fraction of sp³-hybridized carbons (Fsp3) is 0.481. The molecule has 16 nitrogen and oxygen atoms in total. The minimum Gasteiger partial charge on any atom is -0.391 e. The molecule has 3 aliphatic rings. The molecule has 3 atom stereocenters. The summed E-state index contributed by atoms with van der Waals surface area (Å²) >= 11 is 7.21. The van der Waals surface area contributed by atoms with E-state index < -0.39 is 64.2 Å². The molecule has 3 saturated heterocycles. The van der Waals surface area contributed by atoms with Crippen LogP contribution in [0.3, 0.4) is 0 Å². The third kappa shape index (κ3) is 13.2. The molecule has 3 N–H and O–H groups in total. The summed E-state index contributed by atoms with van der Waals surface area (Å²) in [6, 6.07) is 17.1. The van der Waals surface area contributed by atoms with E-state index in [1.54, 1.807) is 65.9 Å². The van der Waals surface area contributed by atoms with Gasteiger partial charge in [0.25, 0.3) is 11.8 Å². The number of nitriles is 1. The first-order valence-corrected chi connectivity index (χ1v) is 26.2. The number of benzene rings is 3. The van der Waals surface area contributed by atoms with Gasteiger partial charge >= 0.3 is 6.18 Å². The van der Waals surface area contributed by atoms with E-state index in [0.29, 0.717) is 56.8 Å². The number of rotatable bonds is 18. The Morgan fingerprint density at radius 3 is 2.27 bits per heavy atom. The van der Waals surface area contributed by atoms with Gasteiger partial charge in [0.1, 0.15) is 24.2 Å². The summed E-state index contributed by atoms with van der Waals surface area (Å²) in [6.45, 7) is 12.4. The summed E-state index contributed by atoms with van der Waals surface area (Å²) in [5.74, 6) is -2.04. The molecule has 75 heavy (non-hydrogen) atoms. The number of carbonyl (C=O) groups excluding carboxylic acids is 5. The van der Waals surface area contributed by atoms with Crippen LogP contribution in [0.15, 0.2) is 72.2 Å². The first kappa shape index (κ1) is 56.4. The highest BCUT2D eigenvalue weighted by molar-refractivity contribution is 7.81. The van der Waals surface area contributed by atoms with Gasteiger partial charge in [-0.2, -0.15) is 18.4 Å². The number of hydrogen-bond acceptors (Lipinski definition) is 12. The van der Waals surface area contributed by atoms with Crippen LogP contribution >= 0.6 is 23.6 Å². The molecular weight excluding hydrogens is 1010 g/mol. The molecule has 0 aliphatic carbocycles. The number of likely N-dealkylation sites (tertiary alicyclic amines) is 2. The summed E-state index contributed by atoms with van der Waals surface area (Å²) in [5, 5.41) is 25.5. The van der Waals surface area contributed by atoms with Gasteiger partial charge in [-0.1, -0.05) is 45.0 Å². The maximum Gasteiger partial charge on any atom is 0.417 e. The Balaban J connectivity index is 0.791. The van der Waals surface area contributed by atoms with Crippen molar-refractivity contribution in [3.05, 3.63) is 100 Å². The predicted octanol–water partition coefficient (Wildman–Crippen LogP) is 7.54. The molecule has 4 aromatic rings. The topological polar surface area (TPSA) is 198 Å². The number of aliphatic hydroxyl groups excluding tert-OH is 1. The number of aryl methyl sites for hydroxylation is 1. The van der Waals surface area contributed by atoms with Gasteiger partial charge in [-0.3, -0.25) is 28.9 Å². The zero-order valence-electron chi connectivity index (χ0n) is 42.9. The standard InChI is InChI=1S/C54H63F3N8O8S2/c1-33-45(75-32-60-33)35-12-10-34(11-13-35)29-59-47(68)43-27-40(66)30-63(43)49(70)46(52(2,3)4)61-44(67)31-72-24-8-7-9-25-73-41-20-22-62(23-21-41)48(69)36-14-17-38(18-15-36)65-51(74)64(50(71)53(65,5)6)39-19-16-37(28-58)42(26-39)54(55,56)57/h10-19,26,32,40-41,43,46,66H,7-9,20-25,27,29-31H2,1-6H3,(H,59,68)(H,61,67)/t40-,43+,46-/m1/s1. The first-order chi connectivity index (χ1) is 35.5. The highest BCUT2D eigenvalue weighted by atomic mass is 32.1. The molecule has 21 heteroatoms. The minimum atomic E-state index is -4.82. The fourth-order valence-electron chi connectivity index (χ4n) is 9.50. The van der Waals surface area contributed by atoms with E-state index in [2.05, 4.69) is 15.6 Å². The Morgan fingerprint density at radius 2 is 1.64 bits per heavy atom. The lowest BCUT2D eigenvalue weighted by Gasteiger charge is -2.35. The van der Waals surface area contributed by atoms with Gasteiger partial charge in [-0.05, 0) is 124 Å². The van der Waals surface area contributed by atoms with Gasteiger partial charge in [0, 0.05) is 57.1 Å². The number of nitrogens with one attached hydrogen (secondary N) is 2. The van der Waals surface area contributed by atoms with Gasteiger partial charge in [-0.25, -0.2) is 4.98 Å². The quantitative estimate of drug-likeness (QED) is 0.0655. The van der Waals surface area contributed by atoms with Crippen LogP contribution in [0.5, 0.6) is 0 Å². The van der Waals surface area contributed by atoms with Crippen LogP contribution in [0, 0.1) is 23.7 Å². The zero-order chi connectivity index (χ0) is 54.4. The smallest absolute Gasteiger partial charge is 0.391 e. The number of anilines is 2. The maximum atomic E-state index is 14.0. The van der Waals surface area contributed by atoms with Gasteiger partial charge in [0.2, 0.25) is 17.7 Å². The number of aliphatic hydroxyl groups is 1. The normalized spacial score (nSPS) is 18.6. The van der Waals surface area contributed by atoms with Gasteiger partial charge in [0.15, 0.2) is 5.11 Å². The maximum absolute atomic E-state index is 14.0. The number of β-amino-alcohol motifs (C(OH)–C–C–N with tert-alkyl or cyclic N) is 1. The highest BCUT2D eigenvalue weighted by Crippen LogP contribution is 2.40. The minimum absolute atomic E-state index is 0.0202. The Labute approximate surface area is 444 Å². The van der Waals surface area contributed by atoms with Crippen molar-refractivity contribution in [1.82, 2.24) is 25.4 Å². The molecule has 3 aliphatic heterocycles. The monoisotopic (exact) mass is 1070 g/mol. The van der Waals surface area contributed by atoms with Crippen molar-refractivity contribution in [2.45, 2.75) is 123 Å². The number of alkyl halides is 3. The van der Waals surface area contributed by atoms with E-state index in [9.17, 15) is 47.5 Å². The lowest BCUT2D eigenvalue weighted by Crippen LogP contribution is -2.58. The van der Waals surface area contributed by atoms with Gasteiger partial charge in [0.05, 0.1) is 51.2 Å². The number of carbonyl (C=O) groups is 5. The number of halogens is 3. The molecule has 3 fully saturated rings.